The highest BCUT2D eigenvalue weighted by Crippen LogP contribution is 2.31. The first-order chi connectivity index (χ1) is 6.97. The van der Waals surface area contributed by atoms with E-state index in [1.807, 2.05) is 0 Å². The molecule has 0 unspecified atom stereocenters. The predicted molar refractivity (Wildman–Crippen MR) is 65.2 cm³/mol. The summed E-state index contributed by atoms with van der Waals surface area (Å²) in [5, 5.41) is 0. The third-order valence-electron chi connectivity index (χ3n) is 1.92. The number of anilines is 1. The number of rotatable bonds is 2. The van der Waals surface area contributed by atoms with E-state index in [1.54, 1.807) is 12.1 Å². The van der Waals surface area contributed by atoms with Crippen LogP contribution in [0.5, 0.6) is 0 Å². The third-order valence-corrected chi connectivity index (χ3v) is 3.03. The molecule has 4 N–H and O–H groups in total. The average molecular weight is 338 g/mol. The molecule has 0 bridgehead atoms. The van der Waals surface area contributed by atoms with E-state index in [-0.39, 0.29) is 0 Å². The number of halogens is 2. The topological polar surface area (TPSA) is 78.3 Å². The summed E-state index contributed by atoms with van der Waals surface area (Å²) < 4.78 is 6.03. The first-order valence-corrected chi connectivity index (χ1v) is 5.63. The number of carbonyl (C=O) groups excluding carboxylic acids is 1. The van der Waals surface area contributed by atoms with Gasteiger partial charge in [0.2, 0.25) is 0 Å². The van der Waals surface area contributed by atoms with Crippen LogP contribution in [0.3, 0.4) is 0 Å². The molecule has 0 heterocycles. The maximum atomic E-state index is 11.3. The van der Waals surface area contributed by atoms with Crippen LogP contribution in [0.4, 0.5) is 5.69 Å². The zero-order valence-electron chi connectivity index (χ0n) is 7.96. The molecule has 0 saturated heterocycles. The smallest absolute Gasteiger partial charge is 0.327 e. The fraction of sp³-hybridized carbons (Fsp3) is 0.222. The van der Waals surface area contributed by atoms with E-state index < -0.39 is 12.0 Å². The lowest BCUT2D eigenvalue weighted by Crippen LogP contribution is -2.23. The van der Waals surface area contributed by atoms with Gasteiger partial charge < -0.3 is 16.2 Å². The number of methoxy groups -OCH3 is 1. The van der Waals surface area contributed by atoms with Crippen molar-refractivity contribution in [2.24, 2.45) is 5.73 Å². The number of carbonyl (C=O) groups is 1. The molecule has 0 spiro atoms. The Morgan fingerprint density at radius 3 is 2.60 bits per heavy atom. The summed E-state index contributed by atoms with van der Waals surface area (Å²) in [6.07, 6.45) is 0. The molecular weight excluding hydrogens is 328 g/mol. The molecule has 1 atom stereocenters. The number of esters is 1. The SMILES string of the molecule is COC(=O)[C@H](N)c1cc(Br)cc(Br)c1N. The molecular formula is C9H10Br2N2O2. The van der Waals surface area contributed by atoms with E-state index in [0.717, 1.165) is 4.47 Å². The van der Waals surface area contributed by atoms with Crippen molar-refractivity contribution in [1.29, 1.82) is 0 Å². The summed E-state index contributed by atoms with van der Waals surface area (Å²) >= 11 is 6.57. The zero-order valence-corrected chi connectivity index (χ0v) is 11.1. The van der Waals surface area contributed by atoms with Crippen molar-refractivity contribution in [2.75, 3.05) is 12.8 Å². The number of benzene rings is 1. The van der Waals surface area contributed by atoms with E-state index in [9.17, 15) is 4.79 Å². The second-order valence-corrected chi connectivity index (χ2v) is 4.66. The molecule has 6 heteroatoms. The molecule has 0 aliphatic carbocycles. The van der Waals surface area contributed by atoms with Crippen LogP contribution in [0.25, 0.3) is 0 Å². The van der Waals surface area contributed by atoms with Gasteiger partial charge in [-0.3, -0.25) is 4.79 Å². The predicted octanol–water partition coefficient (Wildman–Crippen LogP) is 1.97. The van der Waals surface area contributed by atoms with Crippen LogP contribution < -0.4 is 11.5 Å². The normalized spacial score (nSPS) is 12.3. The lowest BCUT2D eigenvalue weighted by molar-refractivity contribution is -0.142. The molecule has 0 aliphatic rings. The molecule has 0 fully saturated rings. The number of nitrogen functional groups attached to an aromatic ring is 1. The molecule has 1 aromatic rings. The molecule has 0 amide bonds. The van der Waals surface area contributed by atoms with Crippen molar-refractivity contribution in [1.82, 2.24) is 0 Å². The van der Waals surface area contributed by atoms with Crippen LogP contribution in [0.2, 0.25) is 0 Å². The molecule has 0 aliphatic heterocycles. The Balaban J connectivity index is 3.19. The van der Waals surface area contributed by atoms with Crippen molar-refractivity contribution in [3.05, 3.63) is 26.6 Å². The maximum absolute atomic E-state index is 11.3. The summed E-state index contributed by atoms with van der Waals surface area (Å²) in [5.41, 5.74) is 12.5. The van der Waals surface area contributed by atoms with Gasteiger partial charge in [0.1, 0.15) is 6.04 Å². The number of hydrogen-bond donors (Lipinski definition) is 2. The van der Waals surface area contributed by atoms with Gasteiger partial charge in [-0.2, -0.15) is 0 Å². The van der Waals surface area contributed by atoms with Gasteiger partial charge in [-0.1, -0.05) is 15.9 Å². The molecule has 0 aromatic heterocycles. The van der Waals surface area contributed by atoms with E-state index >= 15 is 0 Å². The molecule has 82 valence electrons. The number of hydrogen-bond acceptors (Lipinski definition) is 4. The third kappa shape index (κ3) is 2.70. The van der Waals surface area contributed by atoms with Gasteiger partial charge in [-0.05, 0) is 28.1 Å². The first-order valence-electron chi connectivity index (χ1n) is 4.05. The minimum atomic E-state index is -0.871. The minimum Gasteiger partial charge on any atom is -0.468 e. The van der Waals surface area contributed by atoms with Crippen LogP contribution >= 0.6 is 31.9 Å². The number of nitrogens with two attached hydrogens (primary N) is 2. The summed E-state index contributed by atoms with van der Waals surface area (Å²) in [6, 6.07) is 2.61. The van der Waals surface area contributed by atoms with Crippen LogP contribution in [0, 0.1) is 0 Å². The largest absolute Gasteiger partial charge is 0.468 e. The van der Waals surface area contributed by atoms with Gasteiger partial charge in [0.05, 0.1) is 12.8 Å². The van der Waals surface area contributed by atoms with Gasteiger partial charge >= 0.3 is 5.97 Å². The Hall–Kier alpha value is -0.590. The van der Waals surface area contributed by atoms with Crippen molar-refractivity contribution in [2.45, 2.75) is 6.04 Å². The van der Waals surface area contributed by atoms with E-state index in [4.69, 9.17) is 11.5 Å². The molecule has 15 heavy (non-hydrogen) atoms. The molecule has 0 saturated carbocycles. The highest BCUT2D eigenvalue weighted by molar-refractivity contribution is 9.11. The molecule has 0 radical (unpaired) electrons. The van der Waals surface area contributed by atoms with Gasteiger partial charge in [-0.15, -0.1) is 0 Å². The van der Waals surface area contributed by atoms with Crippen molar-refractivity contribution >= 4 is 43.5 Å². The highest BCUT2D eigenvalue weighted by atomic mass is 79.9. The fourth-order valence-electron chi connectivity index (χ4n) is 1.12. The minimum absolute atomic E-state index is 0.441. The monoisotopic (exact) mass is 336 g/mol. The van der Waals surface area contributed by atoms with Gasteiger partial charge in [0.25, 0.3) is 0 Å². The summed E-state index contributed by atoms with van der Waals surface area (Å²) in [4.78, 5) is 11.3. The lowest BCUT2D eigenvalue weighted by atomic mass is 10.1. The quantitative estimate of drug-likeness (QED) is 0.638. The molecule has 4 nitrogen and oxygen atoms in total. The molecule has 1 aromatic carbocycles. The van der Waals surface area contributed by atoms with Crippen molar-refractivity contribution in [3.8, 4) is 0 Å². The van der Waals surface area contributed by atoms with Crippen LogP contribution in [0.15, 0.2) is 21.1 Å². The Morgan fingerprint density at radius 1 is 1.47 bits per heavy atom. The fourth-order valence-corrected chi connectivity index (χ4v) is 2.37. The summed E-state index contributed by atoms with van der Waals surface area (Å²) in [6.45, 7) is 0. The van der Waals surface area contributed by atoms with Gasteiger partial charge in [0.15, 0.2) is 0 Å². The van der Waals surface area contributed by atoms with E-state index in [1.165, 1.54) is 7.11 Å². The first kappa shape index (κ1) is 12.5. The van der Waals surface area contributed by atoms with Crippen LogP contribution in [-0.4, -0.2) is 13.1 Å². The van der Waals surface area contributed by atoms with Gasteiger partial charge in [-0.25, -0.2) is 0 Å². The number of ether oxygens (including phenoxy) is 1. The van der Waals surface area contributed by atoms with E-state index in [2.05, 4.69) is 36.6 Å². The van der Waals surface area contributed by atoms with Crippen molar-refractivity contribution < 1.29 is 9.53 Å². The second kappa shape index (κ2) is 4.96. The Morgan fingerprint density at radius 2 is 2.07 bits per heavy atom. The molecule has 1 rings (SSSR count). The standard InChI is InChI=1S/C9H10Br2N2O2/c1-15-9(14)8(13)5-2-4(10)3-6(11)7(5)12/h2-3,8H,12-13H2,1H3/t8-/m1/s1. The van der Waals surface area contributed by atoms with Crippen molar-refractivity contribution in [3.63, 3.8) is 0 Å². The average Bonchev–Trinajstić information content (AvgIpc) is 2.21. The maximum Gasteiger partial charge on any atom is 0.327 e. The highest BCUT2D eigenvalue weighted by Gasteiger charge is 2.20. The lowest BCUT2D eigenvalue weighted by Gasteiger charge is -2.13. The second-order valence-electron chi connectivity index (χ2n) is 2.89. The van der Waals surface area contributed by atoms with Gasteiger partial charge in [0, 0.05) is 14.5 Å². The summed E-state index contributed by atoms with van der Waals surface area (Å²) in [7, 11) is 1.28. The van der Waals surface area contributed by atoms with E-state index in [0.29, 0.717) is 15.7 Å². The Kier molecular flexibility index (Phi) is 4.12. The zero-order chi connectivity index (χ0) is 11.6. The van der Waals surface area contributed by atoms with Crippen LogP contribution in [0.1, 0.15) is 11.6 Å². The summed E-state index contributed by atoms with van der Waals surface area (Å²) in [5.74, 6) is -0.522. The Labute approximate surface area is 104 Å². The van der Waals surface area contributed by atoms with Crippen LogP contribution in [-0.2, 0) is 9.53 Å². The Bertz CT molecular complexity index is 396.